The minimum atomic E-state index is -3.44. The van der Waals surface area contributed by atoms with Crippen molar-refractivity contribution in [2.24, 2.45) is 0 Å². The van der Waals surface area contributed by atoms with Crippen LogP contribution < -0.4 is 4.72 Å². The maximum absolute atomic E-state index is 12.0. The van der Waals surface area contributed by atoms with Crippen molar-refractivity contribution in [1.82, 2.24) is 4.72 Å². The smallest absolute Gasteiger partial charge is 0.210 e. The standard InChI is InChI=1S/C15H16ClNO2S2/c16-14-6-8-15(9-7-14)21(18,19)17-10-11-20-12-13-4-2-1-3-5-13/h1-9,17H,10-12H2. The first kappa shape index (κ1) is 16.4. The Morgan fingerprint density at radius 1 is 1.00 bits per heavy atom. The third-order valence-corrected chi connectivity index (χ3v) is 5.53. The van der Waals surface area contributed by atoms with Crippen molar-refractivity contribution in [3.05, 3.63) is 65.2 Å². The predicted octanol–water partition coefficient (Wildman–Crippen LogP) is 3.55. The lowest BCUT2D eigenvalue weighted by Crippen LogP contribution is -2.26. The second kappa shape index (κ2) is 7.84. The summed E-state index contributed by atoms with van der Waals surface area (Å²) >= 11 is 7.44. The molecule has 112 valence electrons. The molecule has 0 aliphatic heterocycles. The van der Waals surface area contributed by atoms with E-state index >= 15 is 0 Å². The van der Waals surface area contributed by atoms with Crippen LogP contribution in [-0.2, 0) is 15.8 Å². The monoisotopic (exact) mass is 341 g/mol. The second-order valence-electron chi connectivity index (χ2n) is 4.39. The van der Waals surface area contributed by atoms with Gasteiger partial charge in [0.25, 0.3) is 0 Å². The average molecular weight is 342 g/mol. The molecule has 0 aliphatic carbocycles. The van der Waals surface area contributed by atoms with Gasteiger partial charge in [-0.3, -0.25) is 0 Å². The maximum atomic E-state index is 12.0. The molecule has 0 amide bonds. The van der Waals surface area contributed by atoms with Crippen molar-refractivity contribution in [3.63, 3.8) is 0 Å². The Morgan fingerprint density at radius 2 is 1.67 bits per heavy atom. The molecule has 0 aliphatic rings. The average Bonchev–Trinajstić information content (AvgIpc) is 2.48. The van der Waals surface area contributed by atoms with E-state index in [1.54, 1.807) is 23.9 Å². The van der Waals surface area contributed by atoms with Crippen molar-refractivity contribution in [3.8, 4) is 0 Å². The number of hydrogen-bond donors (Lipinski definition) is 1. The van der Waals surface area contributed by atoms with Gasteiger partial charge in [0.1, 0.15) is 0 Å². The highest BCUT2D eigenvalue weighted by atomic mass is 35.5. The molecule has 0 atom stereocenters. The fourth-order valence-electron chi connectivity index (χ4n) is 1.71. The van der Waals surface area contributed by atoms with Crippen LogP contribution >= 0.6 is 23.4 Å². The number of halogens is 1. The van der Waals surface area contributed by atoms with Gasteiger partial charge in [0.2, 0.25) is 10.0 Å². The molecule has 3 nitrogen and oxygen atoms in total. The number of sulfonamides is 1. The molecule has 2 aromatic carbocycles. The minimum absolute atomic E-state index is 0.236. The van der Waals surface area contributed by atoms with Gasteiger partial charge in [0, 0.05) is 23.1 Å². The van der Waals surface area contributed by atoms with Crippen molar-refractivity contribution in [2.75, 3.05) is 12.3 Å². The van der Waals surface area contributed by atoms with Gasteiger partial charge in [-0.25, -0.2) is 13.1 Å². The quantitative estimate of drug-likeness (QED) is 0.783. The summed E-state index contributed by atoms with van der Waals surface area (Å²) in [5.74, 6) is 1.60. The Bertz CT molecular complexity index is 658. The summed E-state index contributed by atoms with van der Waals surface area (Å²) < 4.78 is 26.6. The molecule has 6 heteroatoms. The van der Waals surface area contributed by atoms with E-state index in [1.807, 2.05) is 18.2 Å². The Morgan fingerprint density at radius 3 is 2.33 bits per heavy atom. The van der Waals surface area contributed by atoms with Crippen LogP contribution in [0.5, 0.6) is 0 Å². The van der Waals surface area contributed by atoms with E-state index in [9.17, 15) is 8.42 Å². The molecular weight excluding hydrogens is 326 g/mol. The zero-order chi connectivity index (χ0) is 15.1. The van der Waals surface area contributed by atoms with E-state index < -0.39 is 10.0 Å². The highest BCUT2D eigenvalue weighted by molar-refractivity contribution is 7.98. The van der Waals surface area contributed by atoms with Gasteiger partial charge in [-0.05, 0) is 29.8 Å². The molecule has 21 heavy (non-hydrogen) atoms. The zero-order valence-electron chi connectivity index (χ0n) is 11.3. The summed E-state index contributed by atoms with van der Waals surface area (Å²) in [5.41, 5.74) is 1.24. The van der Waals surface area contributed by atoms with E-state index in [2.05, 4.69) is 16.9 Å². The van der Waals surface area contributed by atoms with E-state index in [4.69, 9.17) is 11.6 Å². The van der Waals surface area contributed by atoms with E-state index in [0.29, 0.717) is 11.6 Å². The number of nitrogens with one attached hydrogen (secondary N) is 1. The van der Waals surface area contributed by atoms with Crippen molar-refractivity contribution in [2.45, 2.75) is 10.6 Å². The van der Waals surface area contributed by atoms with Crippen LogP contribution in [0, 0.1) is 0 Å². The van der Waals surface area contributed by atoms with Gasteiger partial charge in [0.15, 0.2) is 0 Å². The number of thioether (sulfide) groups is 1. The van der Waals surface area contributed by atoms with E-state index in [-0.39, 0.29) is 4.90 Å². The molecule has 1 N–H and O–H groups in total. The number of hydrogen-bond acceptors (Lipinski definition) is 3. The highest BCUT2D eigenvalue weighted by Gasteiger charge is 2.12. The van der Waals surface area contributed by atoms with Crippen LogP contribution in [0.15, 0.2) is 59.5 Å². The second-order valence-corrected chi connectivity index (χ2v) is 7.70. The summed E-state index contributed by atoms with van der Waals surface area (Å²) in [4.78, 5) is 0.236. The molecule has 0 saturated carbocycles. The Hall–Kier alpha value is -1.01. The van der Waals surface area contributed by atoms with Gasteiger partial charge in [-0.2, -0.15) is 11.8 Å². The Labute approximate surface area is 134 Å². The molecule has 0 saturated heterocycles. The fourth-order valence-corrected chi connectivity index (χ4v) is 3.82. The summed E-state index contributed by atoms with van der Waals surface area (Å²) in [6, 6.07) is 16.2. The number of benzene rings is 2. The first-order chi connectivity index (χ1) is 10.1. The Balaban J connectivity index is 1.76. The first-order valence-corrected chi connectivity index (χ1v) is 9.46. The van der Waals surface area contributed by atoms with Crippen LogP contribution in [0.25, 0.3) is 0 Å². The van der Waals surface area contributed by atoms with Crippen LogP contribution in [-0.4, -0.2) is 20.7 Å². The van der Waals surface area contributed by atoms with Crippen LogP contribution in [0.2, 0.25) is 5.02 Å². The van der Waals surface area contributed by atoms with Gasteiger partial charge in [-0.15, -0.1) is 0 Å². The molecule has 0 heterocycles. The van der Waals surface area contributed by atoms with E-state index in [1.165, 1.54) is 17.7 Å². The predicted molar refractivity (Wildman–Crippen MR) is 89.2 cm³/mol. The molecule has 0 radical (unpaired) electrons. The van der Waals surface area contributed by atoms with Crippen LogP contribution in [0.1, 0.15) is 5.56 Å². The van der Waals surface area contributed by atoms with Gasteiger partial charge in [-0.1, -0.05) is 41.9 Å². The largest absolute Gasteiger partial charge is 0.240 e. The molecule has 0 unspecified atom stereocenters. The molecule has 0 aromatic heterocycles. The molecule has 0 fully saturated rings. The van der Waals surface area contributed by atoms with Gasteiger partial charge in [0.05, 0.1) is 4.90 Å². The minimum Gasteiger partial charge on any atom is -0.210 e. The Kier molecular flexibility index (Phi) is 6.11. The summed E-state index contributed by atoms with van der Waals surface area (Å²) in [6.45, 7) is 0.405. The van der Waals surface area contributed by atoms with E-state index in [0.717, 1.165) is 11.5 Å². The van der Waals surface area contributed by atoms with Crippen LogP contribution in [0.4, 0.5) is 0 Å². The lowest BCUT2D eigenvalue weighted by Gasteiger charge is -2.07. The lowest BCUT2D eigenvalue weighted by molar-refractivity contribution is 0.584. The normalized spacial score (nSPS) is 11.5. The zero-order valence-corrected chi connectivity index (χ0v) is 13.7. The summed E-state index contributed by atoms with van der Waals surface area (Å²) in [5, 5.41) is 0.521. The first-order valence-electron chi connectivity index (χ1n) is 6.45. The SMILES string of the molecule is O=S(=O)(NCCSCc1ccccc1)c1ccc(Cl)cc1. The van der Waals surface area contributed by atoms with Crippen molar-refractivity contribution < 1.29 is 8.42 Å². The highest BCUT2D eigenvalue weighted by Crippen LogP contribution is 2.14. The molecular formula is C15H16ClNO2S2. The van der Waals surface area contributed by atoms with Crippen molar-refractivity contribution in [1.29, 1.82) is 0 Å². The summed E-state index contributed by atoms with van der Waals surface area (Å²) in [6.07, 6.45) is 0. The fraction of sp³-hybridized carbons (Fsp3) is 0.200. The molecule has 0 bridgehead atoms. The van der Waals surface area contributed by atoms with Crippen molar-refractivity contribution >= 4 is 33.4 Å². The number of rotatable bonds is 7. The van der Waals surface area contributed by atoms with Gasteiger partial charge >= 0.3 is 0 Å². The third-order valence-electron chi connectivity index (χ3n) is 2.77. The molecule has 0 spiro atoms. The van der Waals surface area contributed by atoms with Crippen LogP contribution in [0.3, 0.4) is 0 Å². The lowest BCUT2D eigenvalue weighted by atomic mass is 10.2. The summed E-state index contributed by atoms with van der Waals surface area (Å²) in [7, 11) is -3.44. The molecule has 2 rings (SSSR count). The van der Waals surface area contributed by atoms with Gasteiger partial charge < -0.3 is 0 Å². The topological polar surface area (TPSA) is 46.2 Å². The maximum Gasteiger partial charge on any atom is 0.240 e. The molecule has 2 aromatic rings. The third kappa shape index (κ3) is 5.36.